The molecule has 2 aromatic rings. The molecule has 0 aliphatic carbocycles. The molecule has 0 fully saturated rings. The van der Waals surface area contributed by atoms with Crippen molar-refractivity contribution < 1.29 is 9.66 Å². The van der Waals surface area contributed by atoms with Crippen molar-refractivity contribution in [3.63, 3.8) is 0 Å². The van der Waals surface area contributed by atoms with Gasteiger partial charge < -0.3 is 10.1 Å². The highest BCUT2D eigenvalue weighted by atomic mass is 32.1. The summed E-state index contributed by atoms with van der Waals surface area (Å²) in [6.07, 6.45) is 0. The number of nitro groups is 1. The average molecular weight is 307 g/mol. The molecule has 0 atom stereocenters. The summed E-state index contributed by atoms with van der Waals surface area (Å²) < 4.78 is 5.30. The minimum atomic E-state index is -0.407. The van der Waals surface area contributed by atoms with E-state index in [-0.39, 0.29) is 5.69 Å². The molecular weight excluding hydrogens is 290 g/mol. The fourth-order valence-electron chi connectivity index (χ4n) is 1.98. The third kappa shape index (κ3) is 3.69. The van der Waals surface area contributed by atoms with E-state index in [0.29, 0.717) is 24.6 Å². The van der Waals surface area contributed by atoms with Crippen molar-refractivity contribution in [3.8, 4) is 5.75 Å². The van der Waals surface area contributed by atoms with Crippen LogP contribution >= 0.6 is 11.3 Å². The highest BCUT2D eigenvalue weighted by Gasteiger charge is 2.15. The van der Waals surface area contributed by atoms with Gasteiger partial charge in [0, 0.05) is 4.88 Å². The van der Waals surface area contributed by atoms with Gasteiger partial charge in [-0.05, 0) is 32.9 Å². The lowest BCUT2D eigenvalue weighted by atomic mass is 10.2. The monoisotopic (exact) mass is 307 g/mol. The van der Waals surface area contributed by atoms with E-state index in [4.69, 9.17) is 4.74 Å². The summed E-state index contributed by atoms with van der Waals surface area (Å²) >= 11 is 1.59. The third-order valence-corrected chi connectivity index (χ3v) is 3.99. The summed E-state index contributed by atoms with van der Waals surface area (Å²) in [5.41, 5.74) is 1.45. The van der Waals surface area contributed by atoms with E-state index in [1.54, 1.807) is 23.5 Å². The molecule has 6 nitrogen and oxygen atoms in total. The molecule has 0 saturated carbocycles. The second kappa shape index (κ2) is 6.53. The lowest BCUT2D eigenvalue weighted by Crippen LogP contribution is -2.03. The SMILES string of the molecule is CCOc1ccc(NCc2sc(C)nc2C)c([N+](=O)[O-])c1. The van der Waals surface area contributed by atoms with E-state index in [0.717, 1.165) is 15.6 Å². The zero-order valence-electron chi connectivity index (χ0n) is 12.2. The third-order valence-electron chi connectivity index (χ3n) is 2.92. The minimum absolute atomic E-state index is 0.0137. The molecule has 0 bridgehead atoms. The van der Waals surface area contributed by atoms with E-state index < -0.39 is 4.92 Å². The van der Waals surface area contributed by atoms with Crippen LogP contribution in [0.25, 0.3) is 0 Å². The van der Waals surface area contributed by atoms with Crippen molar-refractivity contribution in [2.24, 2.45) is 0 Å². The van der Waals surface area contributed by atoms with Crippen molar-refractivity contribution in [1.29, 1.82) is 0 Å². The molecule has 0 aliphatic heterocycles. The Hall–Kier alpha value is -2.15. The van der Waals surface area contributed by atoms with E-state index >= 15 is 0 Å². The Bertz CT molecular complexity index is 655. The normalized spacial score (nSPS) is 10.4. The van der Waals surface area contributed by atoms with Crippen molar-refractivity contribution >= 4 is 22.7 Å². The predicted octanol–water partition coefficient (Wildman–Crippen LogP) is 3.68. The Kier molecular flexibility index (Phi) is 4.74. The summed E-state index contributed by atoms with van der Waals surface area (Å²) in [6, 6.07) is 4.84. The maximum absolute atomic E-state index is 11.2. The second-order valence-electron chi connectivity index (χ2n) is 4.46. The number of hydrogen-bond acceptors (Lipinski definition) is 6. The number of nitrogens with zero attached hydrogens (tertiary/aromatic N) is 2. The largest absolute Gasteiger partial charge is 0.494 e. The van der Waals surface area contributed by atoms with Crippen molar-refractivity contribution in [1.82, 2.24) is 4.98 Å². The Morgan fingerprint density at radius 3 is 2.76 bits per heavy atom. The molecule has 0 spiro atoms. The maximum atomic E-state index is 11.2. The summed E-state index contributed by atoms with van der Waals surface area (Å²) in [4.78, 5) is 16.2. The molecule has 0 amide bonds. The number of nitro benzene ring substituents is 1. The standard InChI is InChI=1S/C14H17N3O3S/c1-4-20-11-5-6-12(13(7-11)17(18)19)15-8-14-9(2)16-10(3)21-14/h5-7,15H,4,8H2,1-3H3. The fourth-order valence-corrected chi connectivity index (χ4v) is 2.86. The number of aromatic nitrogens is 1. The van der Waals surface area contributed by atoms with Gasteiger partial charge in [-0.3, -0.25) is 10.1 Å². The molecular formula is C14H17N3O3S. The first kappa shape index (κ1) is 15.2. The number of anilines is 1. The zero-order chi connectivity index (χ0) is 15.4. The van der Waals surface area contributed by atoms with Gasteiger partial charge in [-0.25, -0.2) is 4.98 Å². The van der Waals surface area contributed by atoms with Gasteiger partial charge in [0.1, 0.15) is 11.4 Å². The van der Waals surface area contributed by atoms with E-state index in [1.807, 2.05) is 20.8 Å². The van der Waals surface area contributed by atoms with Gasteiger partial charge in [0.2, 0.25) is 0 Å². The smallest absolute Gasteiger partial charge is 0.296 e. The van der Waals surface area contributed by atoms with Gasteiger partial charge in [-0.15, -0.1) is 11.3 Å². The van der Waals surface area contributed by atoms with Crippen LogP contribution in [0.3, 0.4) is 0 Å². The van der Waals surface area contributed by atoms with Crippen LogP contribution in [-0.4, -0.2) is 16.5 Å². The lowest BCUT2D eigenvalue weighted by molar-refractivity contribution is -0.384. The topological polar surface area (TPSA) is 77.3 Å². The van der Waals surface area contributed by atoms with Crippen LogP contribution in [0.15, 0.2) is 18.2 Å². The van der Waals surface area contributed by atoms with E-state index in [9.17, 15) is 10.1 Å². The first-order valence-electron chi connectivity index (χ1n) is 6.59. The molecule has 2 rings (SSSR count). The molecule has 0 radical (unpaired) electrons. The van der Waals surface area contributed by atoms with Crippen LogP contribution in [-0.2, 0) is 6.54 Å². The second-order valence-corrected chi connectivity index (χ2v) is 5.75. The molecule has 0 unspecified atom stereocenters. The molecule has 0 saturated heterocycles. The Balaban J connectivity index is 2.19. The Morgan fingerprint density at radius 2 is 2.19 bits per heavy atom. The number of hydrogen-bond donors (Lipinski definition) is 1. The number of rotatable bonds is 6. The van der Waals surface area contributed by atoms with Crippen LogP contribution in [0.5, 0.6) is 5.75 Å². The summed E-state index contributed by atoms with van der Waals surface area (Å²) in [5.74, 6) is 0.500. The summed E-state index contributed by atoms with van der Waals surface area (Å²) in [6.45, 7) is 6.72. The zero-order valence-corrected chi connectivity index (χ0v) is 13.0. The van der Waals surface area contributed by atoms with Gasteiger partial charge in [0.15, 0.2) is 0 Å². The molecule has 7 heteroatoms. The molecule has 1 N–H and O–H groups in total. The van der Waals surface area contributed by atoms with Crippen LogP contribution in [0, 0.1) is 24.0 Å². The van der Waals surface area contributed by atoms with Crippen LogP contribution in [0.2, 0.25) is 0 Å². The van der Waals surface area contributed by atoms with Gasteiger partial charge in [-0.2, -0.15) is 0 Å². The maximum Gasteiger partial charge on any atom is 0.296 e. The average Bonchev–Trinajstić information content (AvgIpc) is 2.75. The summed E-state index contributed by atoms with van der Waals surface area (Å²) in [7, 11) is 0. The van der Waals surface area contributed by atoms with Crippen molar-refractivity contribution in [2.45, 2.75) is 27.3 Å². The van der Waals surface area contributed by atoms with Gasteiger partial charge in [0.25, 0.3) is 5.69 Å². The number of thiazole rings is 1. The first-order chi connectivity index (χ1) is 10.0. The molecule has 21 heavy (non-hydrogen) atoms. The number of nitrogens with one attached hydrogen (secondary N) is 1. The number of benzene rings is 1. The highest BCUT2D eigenvalue weighted by Crippen LogP contribution is 2.30. The lowest BCUT2D eigenvalue weighted by Gasteiger charge is -2.08. The molecule has 112 valence electrons. The van der Waals surface area contributed by atoms with E-state index in [2.05, 4.69) is 10.3 Å². The van der Waals surface area contributed by atoms with Gasteiger partial charge >= 0.3 is 0 Å². The Labute approximate surface area is 126 Å². The fraction of sp³-hybridized carbons (Fsp3) is 0.357. The van der Waals surface area contributed by atoms with E-state index in [1.165, 1.54) is 6.07 Å². The molecule has 1 aromatic heterocycles. The minimum Gasteiger partial charge on any atom is -0.494 e. The highest BCUT2D eigenvalue weighted by molar-refractivity contribution is 7.11. The predicted molar refractivity (Wildman–Crippen MR) is 83.2 cm³/mol. The van der Waals surface area contributed by atoms with Gasteiger partial charge in [0.05, 0.1) is 34.8 Å². The molecule has 1 heterocycles. The molecule has 1 aromatic carbocycles. The van der Waals surface area contributed by atoms with Crippen LogP contribution in [0.4, 0.5) is 11.4 Å². The van der Waals surface area contributed by atoms with Gasteiger partial charge in [-0.1, -0.05) is 0 Å². The number of ether oxygens (including phenoxy) is 1. The van der Waals surface area contributed by atoms with Crippen LogP contribution < -0.4 is 10.1 Å². The van der Waals surface area contributed by atoms with Crippen molar-refractivity contribution in [2.75, 3.05) is 11.9 Å². The first-order valence-corrected chi connectivity index (χ1v) is 7.41. The number of aryl methyl sites for hydroxylation is 2. The Morgan fingerprint density at radius 1 is 1.43 bits per heavy atom. The van der Waals surface area contributed by atoms with Crippen molar-refractivity contribution in [3.05, 3.63) is 43.9 Å². The quantitative estimate of drug-likeness (QED) is 0.650. The molecule has 0 aliphatic rings. The summed E-state index contributed by atoms with van der Waals surface area (Å²) in [5, 5.41) is 15.3. The van der Waals surface area contributed by atoms with Crippen LogP contribution in [0.1, 0.15) is 22.5 Å².